The number of hydrogen-bond acceptors (Lipinski definition) is 3. The molecule has 0 saturated carbocycles. The second-order valence-electron chi connectivity index (χ2n) is 3.42. The van der Waals surface area contributed by atoms with E-state index in [2.05, 4.69) is 10.1 Å². The summed E-state index contributed by atoms with van der Waals surface area (Å²) >= 11 is 0. The Balaban J connectivity index is 2.14. The molecule has 5 nitrogen and oxygen atoms in total. The first-order chi connectivity index (χ1) is 7.31. The summed E-state index contributed by atoms with van der Waals surface area (Å²) in [6.07, 6.45) is 7.67. The van der Waals surface area contributed by atoms with Crippen molar-refractivity contribution in [1.29, 1.82) is 0 Å². The molecule has 2 rings (SSSR count). The summed E-state index contributed by atoms with van der Waals surface area (Å²) in [4.78, 5) is 14.7. The molecule has 0 saturated heterocycles. The Bertz CT molecular complexity index is 432. The maximum absolute atomic E-state index is 10.7. The molecule has 0 aliphatic heterocycles. The summed E-state index contributed by atoms with van der Waals surface area (Å²) in [7, 11) is 0. The zero-order valence-corrected chi connectivity index (χ0v) is 8.45. The number of rotatable bonds is 4. The molecule has 2 aromatic heterocycles. The topological polar surface area (TPSA) is 52.7 Å². The van der Waals surface area contributed by atoms with E-state index in [1.165, 1.54) is 0 Å². The van der Waals surface area contributed by atoms with E-state index in [4.69, 9.17) is 0 Å². The van der Waals surface area contributed by atoms with Crippen molar-refractivity contribution in [2.45, 2.75) is 19.5 Å². The van der Waals surface area contributed by atoms with Gasteiger partial charge in [-0.25, -0.2) is 4.98 Å². The monoisotopic (exact) mass is 204 g/mol. The highest BCUT2D eigenvalue weighted by Crippen LogP contribution is 2.10. The Kier molecular flexibility index (Phi) is 2.62. The highest BCUT2D eigenvalue weighted by Gasteiger charge is 2.09. The first-order valence-electron chi connectivity index (χ1n) is 4.75. The number of hydrogen-bond donors (Lipinski definition) is 0. The van der Waals surface area contributed by atoms with Crippen LogP contribution in [0.15, 0.2) is 31.0 Å². The summed E-state index contributed by atoms with van der Waals surface area (Å²) in [5, 5.41) is 4.12. The van der Waals surface area contributed by atoms with Crippen LogP contribution in [0.1, 0.15) is 23.5 Å². The first-order valence-corrected chi connectivity index (χ1v) is 4.75. The molecule has 0 aliphatic carbocycles. The van der Waals surface area contributed by atoms with Crippen LogP contribution >= 0.6 is 0 Å². The molecular weight excluding hydrogens is 192 g/mol. The van der Waals surface area contributed by atoms with Gasteiger partial charge < -0.3 is 4.57 Å². The SMILES string of the molecule is CC(Cn1cccn1)n1cncc1C=O. The molecule has 2 heterocycles. The van der Waals surface area contributed by atoms with E-state index in [9.17, 15) is 4.79 Å². The molecule has 0 bridgehead atoms. The molecule has 1 atom stereocenters. The number of aldehydes is 1. The molecule has 2 aromatic rings. The lowest BCUT2D eigenvalue weighted by Crippen LogP contribution is -2.14. The van der Waals surface area contributed by atoms with Crippen molar-refractivity contribution in [3.8, 4) is 0 Å². The minimum atomic E-state index is 0.160. The van der Waals surface area contributed by atoms with Crippen LogP contribution in [0.5, 0.6) is 0 Å². The van der Waals surface area contributed by atoms with Gasteiger partial charge >= 0.3 is 0 Å². The van der Waals surface area contributed by atoms with Gasteiger partial charge in [0.15, 0.2) is 6.29 Å². The van der Waals surface area contributed by atoms with Crippen molar-refractivity contribution < 1.29 is 4.79 Å². The van der Waals surface area contributed by atoms with Crippen LogP contribution in [0.25, 0.3) is 0 Å². The predicted molar refractivity (Wildman–Crippen MR) is 54.6 cm³/mol. The van der Waals surface area contributed by atoms with E-state index in [0.717, 1.165) is 12.8 Å². The molecular formula is C10H12N4O. The summed E-state index contributed by atoms with van der Waals surface area (Å²) in [6.45, 7) is 2.75. The molecule has 0 radical (unpaired) electrons. The molecule has 0 aromatic carbocycles. The molecule has 78 valence electrons. The van der Waals surface area contributed by atoms with Gasteiger partial charge in [-0.05, 0) is 13.0 Å². The van der Waals surface area contributed by atoms with Gasteiger partial charge in [-0.15, -0.1) is 0 Å². The summed E-state index contributed by atoms with van der Waals surface area (Å²) < 4.78 is 3.67. The van der Waals surface area contributed by atoms with E-state index >= 15 is 0 Å². The number of imidazole rings is 1. The molecule has 15 heavy (non-hydrogen) atoms. The second kappa shape index (κ2) is 4.08. The Morgan fingerprint density at radius 2 is 2.47 bits per heavy atom. The van der Waals surface area contributed by atoms with E-state index in [1.54, 1.807) is 18.7 Å². The first kappa shape index (κ1) is 9.64. The third kappa shape index (κ3) is 1.96. The molecule has 0 amide bonds. The standard InChI is InChI=1S/C10H12N4O/c1-9(6-13-4-2-3-12-13)14-8-11-5-10(14)7-15/h2-5,7-9H,6H2,1H3. The number of carbonyl (C=O) groups excluding carboxylic acids is 1. The van der Waals surface area contributed by atoms with E-state index in [0.29, 0.717) is 5.69 Å². The Labute approximate surface area is 87.4 Å². The van der Waals surface area contributed by atoms with Crippen LogP contribution in [-0.2, 0) is 6.54 Å². The van der Waals surface area contributed by atoms with E-state index in [-0.39, 0.29) is 6.04 Å². The molecule has 1 unspecified atom stereocenters. The lowest BCUT2D eigenvalue weighted by atomic mass is 10.3. The third-order valence-corrected chi connectivity index (χ3v) is 2.30. The maximum Gasteiger partial charge on any atom is 0.168 e. The van der Waals surface area contributed by atoms with Gasteiger partial charge in [-0.2, -0.15) is 5.10 Å². The van der Waals surface area contributed by atoms with Gasteiger partial charge in [0.25, 0.3) is 0 Å². The van der Waals surface area contributed by atoms with Crippen LogP contribution < -0.4 is 0 Å². The molecule has 0 aliphatic rings. The van der Waals surface area contributed by atoms with Crippen LogP contribution in [-0.4, -0.2) is 25.6 Å². The van der Waals surface area contributed by atoms with Gasteiger partial charge in [0.2, 0.25) is 0 Å². The van der Waals surface area contributed by atoms with Crippen LogP contribution in [0.3, 0.4) is 0 Å². The highest BCUT2D eigenvalue weighted by molar-refractivity contribution is 5.71. The average Bonchev–Trinajstić information content (AvgIpc) is 2.86. The van der Waals surface area contributed by atoms with Crippen molar-refractivity contribution in [2.24, 2.45) is 0 Å². The van der Waals surface area contributed by atoms with Crippen molar-refractivity contribution in [2.75, 3.05) is 0 Å². The van der Waals surface area contributed by atoms with Crippen molar-refractivity contribution in [3.63, 3.8) is 0 Å². The van der Waals surface area contributed by atoms with Gasteiger partial charge in [0.05, 0.1) is 25.1 Å². The molecule has 0 spiro atoms. The fraction of sp³-hybridized carbons (Fsp3) is 0.300. The average molecular weight is 204 g/mol. The Hall–Kier alpha value is -1.91. The lowest BCUT2D eigenvalue weighted by Gasteiger charge is -2.14. The zero-order chi connectivity index (χ0) is 10.7. The Morgan fingerprint density at radius 1 is 1.60 bits per heavy atom. The lowest BCUT2D eigenvalue weighted by molar-refractivity contribution is 0.111. The molecule has 5 heteroatoms. The molecule has 0 N–H and O–H groups in total. The highest BCUT2D eigenvalue weighted by atomic mass is 16.1. The summed E-state index contributed by atoms with van der Waals surface area (Å²) in [5.41, 5.74) is 0.592. The van der Waals surface area contributed by atoms with Crippen LogP contribution in [0.4, 0.5) is 0 Å². The van der Waals surface area contributed by atoms with E-state index < -0.39 is 0 Å². The number of nitrogens with zero attached hydrogens (tertiary/aromatic N) is 4. The van der Waals surface area contributed by atoms with E-state index in [1.807, 2.05) is 28.4 Å². The van der Waals surface area contributed by atoms with Gasteiger partial charge in [-0.3, -0.25) is 9.48 Å². The van der Waals surface area contributed by atoms with Gasteiger partial charge in [0.1, 0.15) is 5.69 Å². The smallest absolute Gasteiger partial charge is 0.168 e. The number of aromatic nitrogens is 4. The quantitative estimate of drug-likeness (QED) is 0.702. The van der Waals surface area contributed by atoms with Crippen LogP contribution in [0.2, 0.25) is 0 Å². The van der Waals surface area contributed by atoms with Crippen LogP contribution in [0, 0.1) is 0 Å². The maximum atomic E-state index is 10.7. The fourth-order valence-electron chi connectivity index (χ4n) is 1.54. The largest absolute Gasteiger partial charge is 0.324 e. The Morgan fingerprint density at radius 3 is 3.13 bits per heavy atom. The zero-order valence-electron chi connectivity index (χ0n) is 8.45. The number of carbonyl (C=O) groups is 1. The predicted octanol–water partition coefficient (Wildman–Crippen LogP) is 1.15. The van der Waals surface area contributed by atoms with Crippen molar-refractivity contribution in [3.05, 3.63) is 36.7 Å². The van der Waals surface area contributed by atoms with Crippen molar-refractivity contribution in [1.82, 2.24) is 19.3 Å². The van der Waals surface area contributed by atoms with Gasteiger partial charge in [0, 0.05) is 12.4 Å². The fourth-order valence-corrected chi connectivity index (χ4v) is 1.54. The minimum Gasteiger partial charge on any atom is -0.324 e. The third-order valence-electron chi connectivity index (χ3n) is 2.30. The second-order valence-corrected chi connectivity index (χ2v) is 3.42. The summed E-state index contributed by atoms with van der Waals surface area (Å²) in [6, 6.07) is 2.04. The minimum absolute atomic E-state index is 0.160. The molecule has 0 fully saturated rings. The van der Waals surface area contributed by atoms with Gasteiger partial charge in [-0.1, -0.05) is 0 Å². The normalized spacial score (nSPS) is 12.6. The van der Waals surface area contributed by atoms with Crippen molar-refractivity contribution >= 4 is 6.29 Å². The summed E-state index contributed by atoms with van der Waals surface area (Å²) in [5.74, 6) is 0.